The van der Waals surface area contributed by atoms with Gasteiger partial charge in [-0.1, -0.05) is 12.8 Å². The molecule has 2 N–H and O–H groups in total. The van der Waals surface area contributed by atoms with Gasteiger partial charge in [0.2, 0.25) is 0 Å². The number of nitrogens with one attached hydrogen (secondary N) is 1. The summed E-state index contributed by atoms with van der Waals surface area (Å²) in [6.07, 6.45) is 3.99. The summed E-state index contributed by atoms with van der Waals surface area (Å²) in [5.74, 6) is 0.874. The molecule has 1 fully saturated rings. The molecular formula is C15H26IN3OS. The summed E-state index contributed by atoms with van der Waals surface area (Å²) >= 11 is 1.71. The van der Waals surface area contributed by atoms with Crippen LogP contribution in [0.5, 0.6) is 0 Å². The SMILES string of the molecule is CCNC(=NCC1(O)CCCC1)N(C)Cc1ccsc1.I. The van der Waals surface area contributed by atoms with Crippen molar-refractivity contribution < 1.29 is 5.11 Å². The average molecular weight is 423 g/mol. The number of thiophene rings is 1. The molecule has 0 spiro atoms. The molecule has 2 rings (SSSR count). The highest BCUT2D eigenvalue weighted by molar-refractivity contribution is 14.0. The van der Waals surface area contributed by atoms with E-state index >= 15 is 0 Å². The van der Waals surface area contributed by atoms with Crippen molar-refractivity contribution in [3.63, 3.8) is 0 Å². The Morgan fingerprint density at radius 3 is 2.76 bits per heavy atom. The summed E-state index contributed by atoms with van der Waals surface area (Å²) in [7, 11) is 2.04. The zero-order valence-corrected chi connectivity index (χ0v) is 16.0. The number of nitrogens with zero attached hydrogens (tertiary/aromatic N) is 2. The van der Waals surface area contributed by atoms with Crippen molar-refractivity contribution in [3.8, 4) is 0 Å². The Morgan fingerprint density at radius 2 is 2.19 bits per heavy atom. The monoisotopic (exact) mass is 423 g/mol. The van der Waals surface area contributed by atoms with E-state index in [-0.39, 0.29) is 24.0 Å². The maximum Gasteiger partial charge on any atom is 0.194 e. The fraction of sp³-hybridized carbons (Fsp3) is 0.667. The standard InChI is InChI=1S/C15H25N3OS.HI/c1-3-16-14(17-12-15(19)7-4-5-8-15)18(2)10-13-6-9-20-11-13;/h6,9,11,19H,3-5,7-8,10,12H2,1-2H3,(H,16,17);1H. The van der Waals surface area contributed by atoms with E-state index in [9.17, 15) is 5.11 Å². The van der Waals surface area contributed by atoms with Crippen LogP contribution in [0.4, 0.5) is 0 Å². The first-order valence-corrected chi connectivity index (χ1v) is 8.30. The van der Waals surface area contributed by atoms with Gasteiger partial charge in [0.1, 0.15) is 0 Å². The summed E-state index contributed by atoms with van der Waals surface area (Å²) < 4.78 is 0. The van der Waals surface area contributed by atoms with Gasteiger partial charge in [-0.2, -0.15) is 11.3 Å². The van der Waals surface area contributed by atoms with Gasteiger partial charge in [-0.05, 0) is 42.2 Å². The van der Waals surface area contributed by atoms with Crippen LogP contribution in [0.2, 0.25) is 0 Å². The fourth-order valence-corrected chi connectivity index (χ4v) is 3.27. The Labute approximate surface area is 148 Å². The van der Waals surface area contributed by atoms with E-state index in [4.69, 9.17) is 0 Å². The molecular weight excluding hydrogens is 397 g/mol. The number of guanidine groups is 1. The van der Waals surface area contributed by atoms with E-state index in [0.717, 1.165) is 44.7 Å². The first-order valence-electron chi connectivity index (χ1n) is 7.36. The normalized spacial score (nSPS) is 17.4. The van der Waals surface area contributed by atoms with Crippen molar-refractivity contribution in [1.82, 2.24) is 10.2 Å². The molecule has 0 aliphatic heterocycles. The highest BCUT2D eigenvalue weighted by Gasteiger charge is 2.30. The molecule has 21 heavy (non-hydrogen) atoms. The van der Waals surface area contributed by atoms with Crippen molar-refractivity contribution in [2.45, 2.75) is 44.8 Å². The van der Waals surface area contributed by atoms with Gasteiger partial charge < -0.3 is 15.3 Å². The fourth-order valence-electron chi connectivity index (χ4n) is 2.61. The van der Waals surface area contributed by atoms with Crippen LogP contribution in [-0.2, 0) is 6.54 Å². The number of rotatable bonds is 5. The third kappa shape index (κ3) is 5.75. The molecule has 120 valence electrons. The Bertz CT molecular complexity index is 430. The quantitative estimate of drug-likeness (QED) is 0.435. The molecule has 0 radical (unpaired) electrons. The second kappa shape index (κ2) is 8.95. The van der Waals surface area contributed by atoms with Crippen LogP contribution in [0.1, 0.15) is 38.2 Å². The average Bonchev–Trinajstić information content (AvgIpc) is 3.06. The highest BCUT2D eigenvalue weighted by Crippen LogP contribution is 2.29. The number of aliphatic hydroxyl groups is 1. The first kappa shape index (κ1) is 18.7. The molecule has 0 aromatic carbocycles. The van der Waals surface area contributed by atoms with Crippen molar-refractivity contribution in [3.05, 3.63) is 22.4 Å². The van der Waals surface area contributed by atoms with Gasteiger partial charge >= 0.3 is 0 Å². The maximum atomic E-state index is 10.4. The third-order valence-corrected chi connectivity index (χ3v) is 4.49. The van der Waals surface area contributed by atoms with Gasteiger partial charge in [-0.3, -0.25) is 4.99 Å². The van der Waals surface area contributed by atoms with Crippen LogP contribution in [0.3, 0.4) is 0 Å². The molecule has 1 saturated carbocycles. The highest BCUT2D eigenvalue weighted by atomic mass is 127. The van der Waals surface area contributed by atoms with Gasteiger partial charge in [0.05, 0.1) is 12.1 Å². The topological polar surface area (TPSA) is 47.9 Å². The molecule has 1 aromatic rings. The van der Waals surface area contributed by atoms with E-state index in [2.05, 4.69) is 39.0 Å². The molecule has 0 bridgehead atoms. The maximum absolute atomic E-state index is 10.4. The van der Waals surface area contributed by atoms with E-state index in [1.807, 2.05) is 7.05 Å². The first-order chi connectivity index (χ1) is 9.63. The number of hydrogen-bond acceptors (Lipinski definition) is 3. The van der Waals surface area contributed by atoms with Crippen molar-refractivity contribution in [2.24, 2.45) is 4.99 Å². The van der Waals surface area contributed by atoms with Crippen molar-refractivity contribution in [1.29, 1.82) is 0 Å². The van der Waals surface area contributed by atoms with E-state index in [0.29, 0.717) is 6.54 Å². The molecule has 4 nitrogen and oxygen atoms in total. The lowest BCUT2D eigenvalue weighted by atomic mass is 10.0. The van der Waals surface area contributed by atoms with Crippen molar-refractivity contribution >= 4 is 41.3 Å². The molecule has 1 aliphatic rings. The van der Waals surface area contributed by atoms with Gasteiger partial charge in [0, 0.05) is 20.1 Å². The van der Waals surface area contributed by atoms with Crippen LogP contribution in [0.15, 0.2) is 21.8 Å². The van der Waals surface area contributed by atoms with E-state index in [1.54, 1.807) is 11.3 Å². The molecule has 0 unspecified atom stereocenters. The minimum absolute atomic E-state index is 0. The van der Waals surface area contributed by atoms with Gasteiger partial charge in [0.25, 0.3) is 0 Å². The predicted molar refractivity (Wildman–Crippen MR) is 101 cm³/mol. The smallest absolute Gasteiger partial charge is 0.194 e. The van der Waals surface area contributed by atoms with E-state index < -0.39 is 5.60 Å². The number of hydrogen-bond donors (Lipinski definition) is 2. The van der Waals surface area contributed by atoms with Crippen LogP contribution in [0, 0.1) is 0 Å². The summed E-state index contributed by atoms with van der Waals surface area (Å²) in [5.41, 5.74) is 0.715. The lowest BCUT2D eigenvalue weighted by Crippen LogP contribution is -2.40. The van der Waals surface area contributed by atoms with Crippen LogP contribution >= 0.6 is 35.3 Å². The predicted octanol–water partition coefficient (Wildman–Crippen LogP) is 3.07. The Morgan fingerprint density at radius 1 is 1.48 bits per heavy atom. The summed E-state index contributed by atoms with van der Waals surface area (Å²) in [6, 6.07) is 2.13. The molecule has 1 aromatic heterocycles. The minimum atomic E-state index is -0.579. The van der Waals surface area contributed by atoms with Gasteiger partial charge in [-0.25, -0.2) is 0 Å². The summed E-state index contributed by atoms with van der Waals surface area (Å²) in [5, 5.41) is 17.9. The third-order valence-electron chi connectivity index (χ3n) is 3.75. The Kier molecular flexibility index (Phi) is 7.97. The summed E-state index contributed by atoms with van der Waals surface area (Å²) in [4.78, 5) is 6.75. The minimum Gasteiger partial charge on any atom is -0.388 e. The van der Waals surface area contributed by atoms with Crippen LogP contribution in [0.25, 0.3) is 0 Å². The molecule has 0 saturated heterocycles. The second-order valence-electron chi connectivity index (χ2n) is 5.59. The lowest BCUT2D eigenvalue weighted by Gasteiger charge is -2.24. The zero-order chi connectivity index (χ0) is 14.4. The van der Waals surface area contributed by atoms with Gasteiger partial charge in [-0.15, -0.1) is 24.0 Å². The Hall–Kier alpha value is -0.340. The second-order valence-corrected chi connectivity index (χ2v) is 6.37. The number of aliphatic imine (C=N–C) groups is 1. The van der Waals surface area contributed by atoms with Crippen molar-refractivity contribution in [2.75, 3.05) is 20.1 Å². The van der Waals surface area contributed by atoms with E-state index in [1.165, 1.54) is 5.56 Å². The Balaban J connectivity index is 0.00000220. The van der Waals surface area contributed by atoms with Crippen LogP contribution in [-0.4, -0.2) is 41.7 Å². The molecule has 6 heteroatoms. The van der Waals surface area contributed by atoms with Crippen LogP contribution < -0.4 is 5.32 Å². The number of halogens is 1. The molecule has 1 aliphatic carbocycles. The zero-order valence-electron chi connectivity index (χ0n) is 12.8. The molecule has 1 heterocycles. The summed E-state index contributed by atoms with van der Waals surface area (Å²) in [6.45, 7) is 4.25. The molecule has 0 amide bonds. The lowest BCUT2D eigenvalue weighted by molar-refractivity contribution is 0.0572. The van der Waals surface area contributed by atoms with Gasteiger partial charge in [0.15, 0.2) is 5.96 Å². The largest absolute Gasteiger partial charge is 0.388 e. The molecule has 0 atom stereocenters.